The number of amides is 1. The van der Waals surface area contributed by atoms with E-state index >= 15 is 0 Å². The highest BCUT2D eigenvalue weighted by molar-refractivity contribution is 7.92. The van der Waals surface area contributed by atoms with Crippen molar-refractivity contribution in [2.45, 2.75) is 13.0 Å². The van der Waals surface area contributed by atoms with Gasteiger partial charge in [0.1, 0.15) is 18.1 Å². The Morgan fingerprint density at radius 3 is 2.15 bits per heavy atom. The number of sulfonamides is 1. The summed E-state index contributed by atoms with van der Waals surface area (Å²) in [5, 5.41) is 2.83. The van der Waals surface area contributed by atoms with Crippen LogP contribution >= 0.6 is 0 Å². The van der Waals surface area contributed by atoms with E-state index in [4.69, 9.17) is 9.47 Å². The topological polar surface area (TPSA) is 93.7 Å². The molecule has 2 N–H and O–H groups in total. The molecule has 0 aliphatic heterocycles. The molecule has 0 saturated heterocycles. The fraction of sp³-hybridized carbons (Fsp3) is 0.278. The Morgan fingerprint density at radius 2 is 1.62 bits per heavy atom. The number of carbonyl (C=O) groups is 1. The molecule has 2 aromatic carbocycles. The zero-order chi connectivity index (χ0) is 19.2. The fourth-order valence-electron chi connectivity index (χ4n) is 2.15. The van der Waals surface area contributed by atoms with Crippen LogP contribution in [0.4, 0.5) is 5.69 Å². The molecule has 2 aromatic rings. The number of rotatable bonds is 8. The summed E-state index contributed by atoms with van der Waals surface area (Å²) in [6.07, 6.45) is 1.07. The maximum Gasteiger partial charge on any atom is 0.251 e. The molecule has 0 aliphatic carbocycles. The van der Waals surface area contributed by atoms with Crippen LogP contribution in [-0.4, -0.2) is 40.3 Å². The molecule has 0 aromatic heterocycles. The van der Waals surface area contributed by atoms with Gasteiger partial charge in [-0.05, 0) is 55.5 Å². The van der Waals surface area contributed by atoms with Crippen LogP contribution in [0.15, 0.2) is 48.5 Å². The Bertz CT molecular complexity index is 833. The van der Waals surface area contributed by atoms with Crippen molar-refractivity contribution in [3.63, 3.8) is 0 Å². The second-order valence-corrected chi connectivity index (χ2v) is 7.56. The first kappa shape index (κ1) is 19.6. The van der Waals surface area contributed by atoms with Crippen LogP contribution in [-0.2, 0) is 10.0 Å². The van der Waals surface area contributed by atoms with Gasteiger partial charge >= 0.3 is 0 Å². The third kappa shape index (κ3) is 6.29. The van der Waals surface area contributed by atoms with Gasteiger partial charge in [-0.1, -0.05) is 0 Å². The van der Waals surface area contributed by atoms with Crippen LogP contribution in [0.25, 0.3) is 0 Å². The molecule has 0 saturated carbocycles. The molecule has 1 atom stereocenters. The maximum absolute atomic E-state index is 12.2. The smallest absolute Gasteiger partial charge is 0.251 e. The van der Waals surface area contributed by atoms with Gasteiger partial charge in [0.2, 0.25) is 10.0 Å². The normalized spacial score (nSPS) is 12.1. The van der Waals surface area contributed by atoms with Crippen LogP contribution in [0.5, 0.6) is 11.5 Å². The maximum atomic E-state index is 12.2. The van der Waals surface area contributed by atoms with E-state index in [-0.39, 0.29) is 11.9 Å². The predicted molar refractivity (Wildman–Crippen MR) is 100 cm³/mol. The van der Waals surface area contributed by atoms with Gasteiger partial charge in [-0.2, -0.15) is 0 Å². The van der Waals surface area contributed by atoms with Crippen molar-refractivity contribution in [3.05, 3.63) is 54.1 Å². The van der Waals surface area contributed by atoms with Gasteiger partial charge in [0.25, 0.3) is 5.91 Å². The first-order chi connectivity index (χ1) is 12.3. The lowest BCUT2D eigenvalue weighted by atomic mass is 10.2. The van der Waals surface area contributed by atoms with Crippen LogP contribution in [0, 0.1) is 0 Å². The largest absolute Gasteiger partial charge is 0.497 e. The highest BCUT2D eigenvalue weighted by Gasteiger charge is 2.11. The molecule has 0 fully saturated rings. The Labute approximate surface area is 153 Å². The number of methoxy groups -OCH3 is 1. The molecule has 8 heteroatoms. The molecule has 140 valence electrons. The van der Waals surface area contributed by atoms with Gasteiger partial charge in [0.05, 0.1) is 19.4 Å². The van der Waals surface area contributed by atoms with Gasteiger partial charge in [-0.15, -0.1) is 0 Å². The summed E-state index contributed by atoms with van der Waals surface area (Å²) in [4.78, 5) is 12.2. The molecular weight excluding hydrogens is 356 g/mol. The van der Waals surface area contributed by atoms with Crippen molar-refractivity contribution in [1.82, 2.24) is 5.32 Å². The number of hydrogen-bond acceptors (Lipinski definition) is 5. The average molecular weight is 378 g/mol. The summed E-state index contributed by atoms with van der Waals surface area (Å²) < 4.78 is 35.4. The van der Waals surface area contributed by atoms with E-state index in [9.17, 15) is 13.2 Å². The lowest BCUT2D eigenvalue weighted by molar-refractivity contribution is 0.0926. The van der Waals surface area contributed by atoms with Crippen LogP contribution < -0.4 is 19.5 Å². The van der Waals surface area contributed by atoms with E-state index in [1.807, 2.05) is 6.92 Å². The minimum absolute atomic E-state index is 0.210. The second-order valence-electron chi connectivity index (χ2n) is 5.81. The molecule has 0 aliphatic rings. The zero-order valence-corrected chi connectivity index (χ0v) is 15.7. The van der Waals surface area contributed by atoms with Crippen molar-refractivity contribution in [2.75, 3.05) is 24.7 Å². The summed E-state index contributed by atoms with van der Waals surface area (Å²) in [6.45, 7) is 2.15. The fourth-order valence-corrected chi connectivity index (χ4v) is 2.71. The molecular formula is C18H22N2O5S. The Hall–Kier alpha value is -2.74. The van der Waals surface area contributed by atoms with Crippen molar-refractivity contribution in [2.24, 2.45) is 0 Å². The summed E-state index contributed by atoms with van der Waals surface area (Å²) in [5.74, 6) is 1.16. The van der Waals surface area contributed by atoms with Crippen LogP contribution in [0.3, 0.4) is 0 Å². The Balaban J connectivity index is 1.85. The molecule has 0 bridgehead atoms. The molecule has 2 rings (SSSR count). The van der Waals surface area contributed by atoms with Crippen molar-refractivity contribution < 1.29 is 22.7 Å². The highest BCUT2D eigenvalue weighted by Crippen LogP contribution is 2.17. The SMILES string of the molecule is COc1ccc(OCC(C)NC(=O)c2ccc(NS(C)(=O)=O)cc2)cc1. The zero-order valence-electron chi connectivity index (χ0n) is 14.9. The van der Waals surface area contributed by atoms with E-state index in [1.165, 1.54) is 12.1 Å². The second kappa shape index (κ2) is 8.57. The van der Waals surface area contributed by atoms with E-state index in [0.717, 1.165) is 12.0 Å². The number of carbonyl (C=O) groups excluding carboxylic acids is 1. The predicted octanol–water partition coefficient (Wildman–Crippen LogP) is 2.26. The quantitative estimate of drug-likeness (QED) is 0.735. The van der Waals surface area contributed by atoms with Gasteiger partial charge < -0.3 is 14.8 Å². The van der Waals surface area contributed by atoms with Gasteiger partial charge in [-0.25, -0.2) is 8.42 Å². The lowest BCUT2D eigenvalue weighted by Crippen LogP contribution is -2.36. The summed E-state index contributed by atoms with van der Waals surface area (Å²) in [5.41, 5.74) is 0.834. The molecule has 26 heavy (non-hydrogen) atoms. The van der Waals surface area contributed by atoms with Gasteiger partial charge in [0.15, 0.2) is 0 Å². The van der Waals surface area contributed by atoms with Crippen molar-refractivity contribution in [1.29, 1.82) is 0 Å². The van der Waals surface area contributed by atoms with E-state index in [2.05, 4.69) is 10.0 Å². The summed E-state index contributed by atoms with van der Waals surface area (Å²) in [7, 11) is -1.75. The molecule has 1 unspecified atom stereocenters. The lowest BCUT2D eigenvalue weighted by Gasteiger charge is -2.15. The first-order valence-corrected chi connectivity index (χ1v) is 9.81. The minimum Gasteiger partial charge on any atom is -0.497 e. The van der Waals surface area contributed by atoms with E-state index in [1.54, 1.807) is 43.5 Å². The van der Waals surface area contributed by atoms with Gasteiger partial charge in [-0.3, -0.25) is 9.52 Å². The Kier molecular flexibility index (Phi) is 6.46. The minimum atomic E-state index is -3.34. The van der Waals surface area contributed by atoms with E-state index < -0.39 is 10.0 Å². The third-order valence-electron chi connectivity index (χ3n) is 3.39. The molecule has 1 amide bonds. The summed E-state index contributed by atoms with van der Waals surface area (Å²) >= 11 is 0. The Morgan fingerprint density at radius 1 is 1.04 bits per heavy atom. The monoisotopic (exact) mass is 378 g/mol. The number of benzene rings is 2. The van der Waals surface area contributed by atoms with Crippen molar-refractivity contribution in [3.8, 4) is 11.5 Å². The first-order valence-electron chi connectivity index (χ1n) is 7.92. The van der Waals surface area contributed by atoms with Crippen LogP contribution in [0.2, 0.25) is 0 Å². The highest BCUT2D eigenvalue weighted by atomic mass is 32.2. The van der Waals surface area contributed by atoms with E-state index in [0.29, 0.717) is 23.6 Å². The third-order valence-corrected chi connectivity index (χ3v) is 3.99. The molecule has 7 nitrogen and oxygen atoms in total. The molecule has 0 heterocycles. The van der Waals surface area contributed by atoms with Crippen LogP contribution in [0.1, 0.15) is 17.3 Å². The number of anilines is 1. The summed E-state index contributed by atoms with van der Waals surface area (Å²) in [6, 6.07) is 13.2. The molecule has 0 radical (unpaired) electrons. The van der Waals surface area contributed by atoms with Gasteiger partial charge in [0, 0.05) is 11.3 Å². The average Bonchev–Trinajstić information content (AvgIpc) is 2.59. The number of hydrogen-bond donors (Lipinski definition) is 2. The number of nitrogens with one attached hydrogen (secondary N) is 2. The van der Waals surface area contributed by atoms with Crippen molar-refractivity contribution >= 4 is 21.6 Å². The number of ether oxygens (including phenoxy) is 2. The standard InChI is InChI=1S/C18H22N2O5S/c1-13(12-25-17-10-8-16(24-2)9-11-17)19-18(21)14-4-6-15(7-5-14)20-26(3,22)23/h4-11,13,20H,12H2,1-3H3,(H,19,21). The molecule has 0 spiro atoms.